The molecule has 3 nitrogen and oxygen atoms in total. The Morgan fingerprint density at radius 1 is 1.00 bits per heavy atom. The SMILES string of the molecule is Cc1ccc(N2C(=O)/C(=C\c3cn(Cc4ccccc4F)c4ccccc34)SC2=S)cc1. The second-order valence-electron chi connectivity index (χ2n) is 7.67. The lowest BCUT2D eigenvalue weighted by atomic mass is 10.1. The standard InChI is InChI=1S/C26H19FN2OS2/c1-17-10-12-20(13-11-17)29-25(30)24(32-26(29)31)14-19-16-28(23-9-5-3-7-21(19)23)15-18-6-2-4-8-22(18)27/h2-14,16H,15H2,1H3/b24-14+. The van der Waals surface area contributed by atoms with Gasteiger partial charge in [0.05, 0.1) is 17.1 Å². The number of hydrogen-bond acceptors (Lipinski definition) is 3. The topological polar surface area (TPSA) is 25.2 Å². The molecule has 6 heteroatoms. The quantitative estimate of drug-likeness (QED) is 0.256. The zero-order valence-electron chi connectivity index (χ0n) is 17.3. The molecule has 0 N–H and O–H groups in total. The fraction of sp³-hybridized carbons (Fsp3) is 0.0769. The maximum absolute atomic E-state index is 14.2. The fourth-order valence-electron chi connectivity index (χ4n) is 3.86. The fourth-order valence-corrected chi connectivity index (χ4v) is 5.15. The summed E-state index contributed by atoms with van der Waals surface area (Å²) < 4.78 is 16.8. The van der Waals surface area contributed by atoms with Crippen molar-refractivity contribution in [3.63, 3.8) is 0 Å². The number of halogens is 1. The molecule has 0 spiro atoms. The minimum absolute atomic E-state index is 0.130. The highest BCUT2D eigenvalue weighted by molar-refractivity contribution is 8.27. The molecule has 3 aromatic carbocycles. The molecule has 0 aliphatic carbocycles. The van der Waals surface area contributed by atoms with Crippen molar-refractivity contribution in [3.8, 4) is 0 Å². The maximum Gasteiger partial charge on any atom is 0.270 e. The molecular weight excluding hydrogens is 439 g/mol. The molecule has 5 rings (SSSR count). The third-order valence-corrected chi connectivity index (χ3v) is 6.79. The van der Waals surface area contributed by atoms with E-state index in [0.717, 1.165) is 27.7 Å². The Bertz CT molecular complexity index is 1390. The number of aromatic nitrogens is 1. The largest absolute Gasteiger partial charge is 0.342 e. The van der Waals surface area contributed by atoms with E-state index in [9.17, 15) is 9.18 Å². The number of hydrogen-bond donors (Lipinski definition) is 0. The number of benzene rings is 3. The Hall–Kier alpha value is -3.22. The molecule has 0 atom stereocenters. The van der Waals surface area contributed by atoms with Gasteiger partial charge in [0.25, 0.3) is 5.91 Å². The van der Waals surface area contributed by atoms with Crippen LogP contribution in [0.5, 0.6) is 0 Å². The average molecular weight is 459 g/mol. The van der Waals surface area contributed by atoms with Gasteiger partial charge in [0.1, 0.15) is 5.82 Å². The highest BCUT2D eigenvalue weighted by Gasteiger charge is 2.33. The van der Waals surface area contributed by atoms with Crippen LogP contribution in [0, 0.1) is 12.7 Å². The lowest BCUT2D eigenvalue weighted by Gasteiger charge is -2.14. The molecular formula is C26H19FN2OS2. The minimum atomic E-state index is -0.231. The van der Waals surface area contributed by atoms with E-state index in [4.69, 9.17) is 12.2 Å². The predicted octanol–water partition coefficient (Wildman–Crippen LogP) is 6.54. The first-order valence-corrected chi connectivity index (χ1v) is 11.4. The molecule has 0 saturated carbocycles. The molecule has 1 aliphatic rings. The lowest BCUT2D eigenvalue weighted by molar-refractivity contribution is -0.113. The van der Waals surface area contributed by atoms with E-state index in [2.05, 4.69) is 0 Å². The van der Waals surface area contributed by atoms with Crippen LogP contribution in [0.3, 0.4) is 0 Å². The summed E-state index contributed by atoms with van der Waals surface area (Å²) in [5, 5.41) is 1.00. The Morgan fingerprint density at radius 3 is 2.50 bits per heavy atom. The summed E-state index contributed by atoms with van der Waals surface area (Å²) in [6, 6.07) is 22.5. The van der Waals surface area contributed by atoms with Gasteiger partial charge in [-0.05, 0) is 37.3 Å². The van der Waals surface area contributed by atoms with Crippen molar-refractivity contribution in [2.75, 3.05) is 4.90 Å². The van der Waals surface area contributed by atoms with Crippen LogP contribution in [-0.4, -0.2) is 14.8 Å². The summed E-state index contributed by atoms with van der Waals surface area (Å²) in [4.78, 5) is 15.3. The van der Waals surface area contributed by atoms with Crippen molar-refractivity contribution < 1.29 is 9.18 Å². The monoisotopic (exact) mass is 458 g/mol. The van der Waals surface area contributed by atoms with Gasteiger partial charge in [0, 0.05) is 28.2 Å². The van der Waals surface area contributed by atoms with Crippen LogP contribution in [-0.2, 0) is 11.3 Å². The molecule has 0 unspecified atom stereocenters. The Labute approximate surface area is 195 Å². The van der Waals surface area contributed by atoms with Gasteiger partial charge in [0.15, 0.2) is 4.32 Å². The number of para-hydroxylation sites is 1. The number of thiocarbonyl (C=S) groups is 1. The smallest absolute Gasteiger partial charge is 0.270 e. The van der Waals surface area contributed by atoms with Gasteiger partial charge in [-0.25, -0.2) is 4.39 Å². The maximum atomic E-state index is 14.2. The molecule has 1 fully saturated rings. The Balaban J connectivity index is 1.53. The van der Waals surface area contributed by atoms with E-state index in [1.807, 2.05) is 78.4 Å². The van der Waals surface area contributed by atoms with E-state index < -0.39 is 0 Å². The highest BCUT2D eigenvalue weighted by Crippen LogP contribution is 2.37. The summed E-state index contributed by atoms with van der Waals surface area (Å²) in [6.45, 7) is 2.41. The van der Waals surface area contributed by atoms with Crippen molar-refractivity contribution in [1.82, 2.24) is 4.57 Å². The van der Waals surface area contributed by atoms with Gasteiger partial charge >= 0.3 is 0 Å². The molecule has 4 aromatic rings. The molecule has 0 bridgehead atoms. The highest BCUT2D eigenvalue weighted by atomic mass is 32.2. The number of rotatable bonds is 4. The van der Waals surface area contributed by atoms with Crippen LogP contribution in [0.15, 0.2) is 83.9 Å². The number of carbonyl (C=O) groups excluding carboxylic acids is 1. The van der Waals surface area contributed by atoms with Crippen LogP contribution < -0.4 is 4.90 Å². The summed E-state index contributed by atoms with van der Waals surface area (Å²) >= 11 is 6.81. The van der Waals surface area contributed by atoms with E-state index in [1.54, 1.807) is 17.0 Å². The molecule has 2 heterocycles. The molecule has 32 heavy (non-hydrogen) atoms. The van der Waals surface area contributed by atoms with Crippen molar-refractivity contribution >= 4 is 56.9 Å². The molecule has 158 valence electrons. The van der Waals surface area contributed by atoms with Crippen LogP contribution in [0.4, 0.5) is 10.1 Å². The first kappa shape index (κ1) is 20.7. The van der Waals surface area contributed by atoms with E-state index in [-0.39, 0.29) is 11.7 Å². The molecule has 1 amide bonds. The van der Waals surface area contributed by atoms with Crippen LogP contribution in [0.2, 0.25) is 0 Å². The van der Waals surface area contributed by atoms with Crippen LogP contribution >= 0.6 is 24.0 Å². The first-order valence-electron chi connectivity index (χ1n) is 10.2. The second-order valence-corrected chi connectivity index (χ2v) is 9.35. The summed E-state index contributed by atoms with van der Waals surface area (Å²) in [5.74, 6) is -0.361. The zero-order chi connectivity index (χ0) is 22.2. The second kappa shape index (κ2) is 8.37. The van der Waals surface area contributed by atoms with Gasteiger partial charge < -0.3 is 4.57 Å². The van der Waals surface area contributed by atoms with Gasteiger partial charge in [-0.15, -0.1) is 0 Å². The van der Waals surface area contributed by atoms with Gasteiger partial charge in [-0.2, -0.15) is 0 Å². The Kier molecular flexibility index (Phi) is 5.41. The summed E-state index contributed by atoms with van der Waals surface area (Å²) in [7, 11) is 0. The van der Waals surface area contributed by atoms with E-state index in [0.29, 0.717) is 21.3 Å². The van der Waals surface area contributed by atoms with Crippen molar-refractivity contribution in [2.24, 2.45) is 0 Å². The first-order chi connectivity index (χ1) is 15.5. The lowest BCUT2D eigenvalue weighted by Crippen LogP contribution is -2.27. The van der Waals surface area contributed by atoms with Crippen molar-refractivity contribution in [2.45, 2.75) is 13.5 Å². The number of carbonyl (C=O) groups is 1. The van der Waals surface area contributed by atoms with E-state index in [1.165, 1.54) is 17.8 Å². The third-order valence-electron chi connectivity index (χ3n) is 5.49. The molecule has 1 aliphatic heterocycles. The van der Waals surface area contributed by atoms with E-state index >= 15 is 0 Å². The van der Waals surface area contributed by atoms with Crippen LogP contribution in [0.25, 0.3) is 17.0 Å². The molecule has 0 radical (unpaired) electrons. The predicted molar refractivity (Wildman–Crippen MR) is 134 cm³/mol. The minimum Gasteiger partial charge on any atom is -0.342 e. The van der Waals surface area contributed by atoms with Crippen LogP contribution in [0.1, 0.15) is 16.7 Å². The van der Waals surface area contributed by atoms with Crippen molar-refractivity contribution in [3.05, 3.63) is 106 Å². The zero-order valence-corrected chi connectivity index (χ0v) is 18.9. The third kappa shape index (κ3) is 3.76. The molecule has 1 saturated heterocycles. The van der Waals surface area contributed by atoms with Gasteiger partial charge in [-0.3, -0.25) is 9.69 Å². The summed E-state index contributed by atoms with van der Waals surface area (Å²) in [6.07, 6.45) is 3.85. The number of fused-ring (bicyclic) bond motifs is 1. The number of aryl methyl sites for hydroxylation is 1. The number of anilines is 1. The summed E-state index contributed by atoms with van der Waals surface area (Å²) in [5.41, 5.74) is 4.39. The molecule has 1 aromatic heterocycles. The average Bonchev–Trinajstić information content (AvgIpc) is 3.27. The normalized spacial score (nSPS) is 15.3. The number of amides is 1. The number of thioether (sulfide) groups is 1. The Morgan fingerprint density at radius 2 is 1.72 bits per heavy atom. The van der Waals surface area contributed by atoms with Gasteiger partial charge in [-0.1, -0.05) is 78.1 Å². The van der Waals surface area contributed by atoms with Gasteiger partial charge in [0.2, 0.25) is 0 Å². The number of nitrogens with zero attached hydrogens (tertiary/aromatic N) is 2. The van der Waals surface area contributed by atoms with Crippen molar-refractivity contribution in [1.29, 1.82) is 0 Å².